The van der Waals surface area contributed by atoms with E-state index in [1.807, 2.05) is 45.9 Å². The van der Waals surface area contributed by atoms with Crippen LogP contribution in [0, 0.1) is 23.2 Å². The Morgan fingerprint density at radius 1 is 1.07 bits per heavy atom. The van der Waals surface area contributed by atoms with E-state index in [0.29, 0.717) is 29.5 Å². The largest absolute Gasteiger partial charge is 0.497 e. The van der Waals surface area contributed by atoms with Crippen molar-refractivity contribution in [1.29, 1.82) is 0 Å². The van der Waals surface area contributed by atoms with E-state index in [2.05, 4.69) is 0 Å². The number of fused-ring (bicyclic) bond motifs is 6. The molecule has 3 fully saturated rings. The lowest BCUT2D eigenvalue weighted by molar-refractivity contribution is -0.153. The molecule has 43 heavy (non-hydrogen) atoms. The number of aldehydes is 1. The Hall–Kier alpha value is -3.23. The fourth-order valence-corrected chi connectivity index (χ4v) is 7.30. The summed E-state index contributed by atoms with van der Waals surface area (Å²) >= 11 is 0. The third-order valence-corrected chi connectivity index (χ3v) is 10.3. The highest BCUT2D eigenvalue weighted by atomic mass is 16.5. The second-order valence-corrected chi connectivity index (χ2v) is 14.3. The van der Waals surface area contributed by atoms with Crippen molar-refractivity contribution >= 4 is 29.2 Å². The molecule has 232 valence electrons. The molecule has 6 rings (SSSR count). The fraction of sp³-hybridized carbons (Fsp3) is 0.676. The van der Waals surface area contributed by atoms with Crippen LogP contribution in [0.5, 0.6) is 11.6 Å². The molecule has 0 radical (unpaired) electrons. The second-order valence-electron chi connectivity index (χ2n) is 14.3. The molecule has 4 aliphatic rings. The summed E-state index contributed by atoms with van der Waals surface area (Å²) in [6.45, 7) is 8.16. The molecule has 9 heteroatoms. The number of carbonyl (C=O) groups excluding carboxylic acids is 3. The second kappa shape index (κ2) is 11.4. The Labute approximate surface area is 254 Å². The lowest BCUT2D eigenvalue weighted by Gasteiger charge is -2.34. The number of aromatic nitrogens is 2. The summed E-state index contributed by atoms with van der Waals surface area (Å²) in [6.07, 6.45) is 8.12. The maximum atomic E-state index is 14.2. The molecule has 1 saturated heterocycles. The van der Waals surface area contributed by atoms with Crippen LogP contribution in [-0.2, 0) is 24.5 Å². The summed E-state index contributed by atoms with van der Waals surface area (Å²) in [5, 5.41) is 0. The summed E-state index contributed by atoms with van der Waals surface area (Å²) < 4.78 is 18.1. The van der Waals surface area contributed by atoms with Crippen molar-refractivity contribution in [2.24, 2.45) is 23.2 Å². The van der Waals surface area contributed by atoms with Crippen LogP contribution in [0.15, 0.2) is 18.2 Å². The van der Waals surface area contributed by atoms with Crippen molar-refractivity contribution in [3.8, 4) is 11.6 Å². The quantitative estimate of drug-likeness (QED) is 0.344. The van der Waals surface area contributed by atoms with Gasteiger partial charge < -0.3 is 23.9 Å². The molecule has 0 N–H and O–H groups in total. The Balaban J connectivity index is 1.40. The SMILES string of the molecule is CC[C@@H]1[C@@H]2CN(C(=O)[C@H](C(C)(C)C)CC(=O)O[C@@H]3C[C@H]3CCCCC3(CC3)c3nc4ccc(OC)cc4nc3O2)[C@@H]1C=O. The molecule has 2 aliphatic heterocycles. The molecule has 1 aromatic heterocycles. The summed E-state index contributed by atoms with van der Waals surface area (Å²) in [7, 11) is 1.63. The number of nitrogens with zero attached hydrogens (tertiary/aromatic N) is 3. The van der Waals surface area contributed by atoms with Crippen LogP contribution in [0.2, 0.25) is 0 Å². The molecular formula is C34H45N3O6. The van der Waals surface area contributed by atoms with E-state index in [9.17, 15) is 14.4 Å². The van der Waals surface area contributed by atoms with Crippen LogP contribution in [-0.4, -0.2) is 64.9 Å². The van der Waals surface area contributed by atoms with Gasteiger partial charge in [0.15, 0.2) is 0 Å². The van der Waals surface area contributed by atoms with Crippen LogP contribution in [0.4, 0.5) is 0 Å². The zero-order valence-corrected chi connectivity index (χ0v) is 26.1. The van der Waals surface area contributed by atoms with Gasteiger partial charge in [-0.1, -0.05) is 40.5 Å². The molecule has 9 nitrogen and oxygen atoms in total. The van der Waals surface area contributed by atoms with Gasteiger partial charge in [0.05, 0.1) is 43.1 Å². The lowest BCUT2D eigenvalue weighted by Crippen LogP contribution is -2.46. The van der Waals surface area contributed by atoms with Gasteiger partial charge in [0.1, 0.15) is 29.9 Å². The Bertz CT molecular complexity index is 1400. The zero-order chi connectivity index (χ0) is 30.5. The van der Waals surface area contributed by atoms with E-state index >= 15 is 0 Å². The third kappa shape index (κ3) is 5.84. The predicted molar refractivity (Wildman–Crippen MR) is 161 cm³/mol. The van der Waals surface area contributed by atoms with Gasteiger partial charge in [-0.2, -0.15) is 0 Å². The number of hydrogen-bond donors (Lipinski definition) is 0. The minimum atomic E-state index is -0.648. The molecule has 2 aliphatic carbocycles. The van der Waals surface area contributed by atoms with Crippen molar-refractivity contribution in [3.05, 3.63) is 23.9 Å². The number of benzene rings is 1. The molecule has 0 unspecified atom stereocenters. The van der Waals surface area contributed by atoms with Gasteiger partial charge in [0.25, 0.3) is 0 Å². The fourth-order valence-electron chi connectivity index (χ4n) is 7.30. The lowest BCUT2D eigenvalue weighted by atomic mass is 9.77. The van der Waals surface area contributed by atoms with Crippen molar-refractivity contribution in [3.63, 3.8) is 0 Å². The van der Waals surface area contributed by atoms with Crippen LogP contribution in [0.1, 0.15) is 91.2 Å². The highest BCUT2D eigenvalue weighted by Crippen LogP contribution is 2.54. The highest BCUT2D eigenvalue weighted by Gasteiger charge is 2.51. The Morgan fingerprint density at radius 3 is 2.53 bits per heavy atom. The van der Waals surface area contributed by atoms with Gasteiger partial charge in [-0.25, -0.2) is 9.97 Å². The molecule has 1 spiro atoms. The standard InChI is InChI=1S/C34H45N3O6/c1-6-22-26(19-38)37-18-28(22)43-31-30(35-24-11-10-21(41-5)16-25(24)36-31)34(13-14-34)12-8-7-9-20-15-27(20)42-29(39)17-23(32(37)40)33(2,3)4/h10-11,16,19-20,22-23,26-28H,6-9,12-15,17-18H2,1-5H3/t20-,22+,23-,26-,27-,28+/m1/s1. The number of methoxy groups -OCH3 is 1. The first-order valence-electron chi connectivity index (χ1n) is 16.0. The highest BCUT2D eigenvalue weighted by molar-refractivity contribution is 5.87. The van der Waals surface area contributed by atoms with Gasteiger partial charge in [0.2, 0.25) is 11.8 Å². The minimum Gasteiger partial charge on any atom is -0.497 e. The number of rotatable bonds is 3. The summed E-state index contributed by atoms with van der Waals surface area (Å²) in [5.41, 5.74) is 1.79. The van der Waals surface area contributed by atoms with E-state index in [1.165, 1.54) is 0 Å². The van der Waals surface area contributed by atoms with E-state index in [1.54, 1.807) is 12.0 Å². The molecule has 2 bridgehead atoms. The normalized spacial score (nSPS) is 30.9. The number of carbonyl (C=O) groups is 3. The smallest absolute Gasteiger partial charge is 0.306 e. The van der Waals surface area contributed by atoms with Gasteiger partial charge >= 0.3 is 5.97 Å². The zero-order valence-electron chi connectivity index (χ0n) is 26.1. The van der Waals surface area contributed by atoms with Crippen LogP contribution < -0.4 is 9.47 Å². The summed E-state index contributed by atoms with van der Waals surface area (Å²) in [6, 6.07) is 5.06. The van der Waals surface area contributed by atoms with Crippen molar-refractivity contribution in [2.75, 3.05) is 13.7 Å². The molecule has 2 aromatic rings. The molecule has 3 heterocycles. The average Bonchev–Trinajstić information content (AvgIpc) is 3.89. The first-order valence-corrected chi connectivity index (χ1v) is 16.0. The average molecular weight is 592 g/mol. The van der Waals surface area contributed by atoms with E-state index in [0.717, 1.165) is 62.4 Å². The van der Waals surface area contributed by atoms with Crippen molar-refractivity contribution in [1.82, 2.24) is 14.9 Å². The summed E-state index contributed by atoms with van der Waals surface area (Å²) in [5.74, 6) is 0.223. The predicted octanol–water partition coefficient (Wildman–Crippen LogP) is 5.41. The van der Waals surface area contributed by atoms with Crippen molar-refractivity contribution < 1.29 is 28.6 Å². The Morgan fingerprint density at radius 2 is 1.86 bits per heavy atom. The molecule has 6 atom stereocenters. The number of esters is 1. The van der Waals surface area contributed by atoms with E-state index in [4.69, 9.17) is 24.2 Å². The molecule has 1 aromatic carbocycles. The van der Waals surface area contributed by atoms with Gasteiger partial charge in [-0.3, -0.25) is 9.59 Å². The summed E-state index contributed by atoms with van der Waals surface area (Å²) in [4.78, 5) is 51.6. The maximum Gasteiger partial charge on any atom is 0.306 e. The molecular weight excluding hydrogens is 546 g/mol. The number of amides is 1. The first-order chi connectivity index (χ1) is 20.6. The minimum absolute atomic E-state index is 0.000592. The van der Waals surface area contributed by atoms with Gasteiger partial charge in [0, 0.05) is 17.4 Å². The molecule has 1 amide bonds. The third-order valence-electron chi connectivity index (χ3n) is 10.3. The van der Waals surface area contributed by atoms with E-state index in [-0.39, 0.29) is 42.3 Å². The molecule has 2 saturated carbocycles. The monoisotopic (exact) mass is 591 g/mol. The van der Waals surface area contributed by atoms with Gasteiger partial charge in [-0.05, 0) is 62.0 Å². The number of ether oxygens (including phenoxy) is 3. The maximum absolute atomic E-state index is 14.2. The topological polar surface area (TPSA) is 108 Å². The number of hydrogen-bond acceptors (Lipinski definition) is 8. The van der Waals surface area contributed by atoms with E-state index < -0.39 is 23.5 Å². The van der Waals surface area contributed by atoms with Crippen LogP contribution in [0.3, 0.4) is 0 Å². The Kier molecular flexibility index (Phi) is 7.88. The van der Waals surface area contributed by atoms with Gasteiger partial charge in [-0.15, -0.1) is 0 Å². The van der Waals surface area contributed by atoms with Crippen molar-refractivity contribution in [2.45, 2.75) is 109 Å². The van der Waals surface area contributed by atoms with Crippen LogP contribution >= 0.6 is 0 Å². The van der Waals surface area contributed by atoms with Crippen LogP contribution in [0.25, 0.3) is 11.0 Å². The first kappa shape index (κ1) is 29.8.